The molecule has 0 amide bonds. The molecule has 1 heterocycles. The van der Waals surface area contributed by atoms with Crippen LogP contribution in [0.15, 0.2) is 18.3 Å². The van der Waals surface area contributed by atoms with Gasteiger partial charge in [0.1, 0.15) is 5.82 Å². The number of nitrogens with one attached hydrogen (secondary N) is 1. The summed E-state index contributed by atoms with van der Waals surface area (Å²) in [7, 11) is 1.64. The smallest absolute Gasteiger partial charge is 0.273 e. The lowest BCUT2D eigenvalue weighted by Crippen LogP contribution is -2.04. The van der Waals surface area contributed by atoms with Crippen LogP contribution in [0.25, 0.3) is 0 Å². The highest BCUT2D eigenvalue weighted by atomic mass is 19.3. The molecule has 0 bridgehead atoms. The molecule has 72 valence electrons. The summed E-state index contributed by atoms with van der Waals surface area (Å²) < 4.78 is 36.4. The van der Waals surface area contributed by atoms with Crippen LogP contribution in [0.4, 0.5) is 19.0 Å². The number of alkyl halides is 3. The number of anilines is 1. The number of halogens is 3. The molecule has 2 nitrogen and oxygen atoms in total. The van der Waals surface area contributed by atoms with Crippen LogP contribution >= 0.6 is 0 Å². The fourth-order valence-electron chi connectivity index (χ4n) is 0.862. The molecular weight excluding hydrogens is 181 g/mol. The molecular formula is C8H9F3N2. The first kappa shape index (κ1) is 9.83. The molecule has 1 rings (SSSR count). The first-order chi connectivity index (χ1) is 6.15. The molecule has 0 saturated heterocycles. The van der Waals surface area contributed by atoms with Gasteiger partial charge in [0, 0.05) is 18.8 Å². The quantitative estimate of drug-likeness (QED) is 0.791. The summed E-state index contributed by atoms with van der Waals surface area (Å²) in [5, 5.41) is 2.70. The summed E-state index contributed by atoms with van der Waals surface area (Å²) >= 11 is 0. The molecule has 0 aliphatic rings. The van der Waals surface area contributed by atoms with Crippen molar-refractivity contribution < 1.29 is 13.2 Å². The lowest BCUT2D eigenvalue weighted by atomic mass is 10.2. The number of hydrogen-bond acceptors (Lipinski definition) is 2. The third kappa shape index (κ3) is 2.34. The van der Waals surface area contributed by atoms with Gasteiger partial charge in [0.15, 0.2) is 6.17 Å². The summed E-state index contributed by atoms with van der Waals surface area (Å²) in [6.45, 7) is 0. The molecule has 0 aliphatic heterocycles. The van der Waals surface area contributed by atoms with Crippen molar-refractivity contribution in [1.29, 1.82) is 0 Å². The van der Waals surface area contributed by atoms with E-state index in [-0.39, 0.29) is 5.56 Å². The average Bonchev–Trinajstić information content (AvgIpc) is 2.17. The molecule has 1 aromatic rings. The van der Waals surface area contributed by atoms with E-state index in [0.29, 0.717) is 5.82 Å². The highest BCUT2D eigenvalue weighted by Crippen LogP contribution is 2.24. The largest absolute Gasteiger partial charge is 0.373 e. The highest BCUT2D eigenvalue weighted by molar-refractivity contribution is 5.35. The predicted octanol–water partition coefficient (Wildman–Crippen LogP) is 2.40. The second-order valence-electron chi connectivity index (χ2n) is 2.46. The Hall–Kier alpha value is -1.26. The Bertz CT molecular complexity index is 261. The van der Waals surface area contributed by atoms with Crippen molar-refractivity contribution in [1.82, 2.24) is 4.98 Å². The van der Waals surface area contributed by atoms with Gasteiger partial charge in [-0.25, -0.2) is 18.2 Å². The normalized spacial score (nSPS) is 13.0. The first-order valence-electron chi connectivity index (χ1n) is 3.71. The number of hydrogen-bond donors (Lipinski definition) is 1. The lowest BCUT2D eigenvalue weighted by Gasteiger charge is -2.06. The van der Waals surface area contributed by atoms with E-state index in [0.717, 1.165) is 6.20 Å². The molecule has 1 N–H and O–H groups in total. The molecule has 1 atom stereocenters. The van der Waals surface area contributed by atoms with E-state index in [1.165, 1.54) is 12.1 Å². The minimum atomic E-state index is -3.00. The second kappa shape index (κ2) is 4.11. The molecule has 0 aromatic carbocycles. The first-order valence-corrected chi connectivity index (χ1v) is 3.71. The summed E-state index contributed by atoms with van der Waals surface area (Å²) in [6.07, 6.45) is -4.15. The van der Waals surface area contributed by atoms with Crippen LogP contribution in [-0.4, -0.2) is 18.5 Å². The number of aromatic nitrogens is 1. The van der Waals surface area contributed by atoms with Gasteiger partial charge in [0.2, 0.25) is 0 Å². The van der Waals surface area contributed by atoms with E-state index in [2.05, 4.69) is 10.3 Å². The van der Waals surface area contributed by atoms with Crippen LogP contribution in [0.1, 0.15) is 11.7 Å². The van der Waals surface area contributed by atoms with Gasteiger partial charge in [-0.05, 0) is 6.07 Å². The maximum atomic E-state index is 12.7. The van der Waals surface area contributed by atoms with Gasteiger partial charge in [-0.3, -0.25) is 0 Å². The van der Waals surface area contributed by atoms with Crippen molar-refractivity contribution in [2.24, 2.45) is 0 Å². The molecule has 0 saturated carbocycles. The third-order valence-corrected chi connectivity index (χ3v) is 1.58. The highest BCUT2D eigenvalue weighted by Gasteiger charge is 2.21. The molecule has 0 fully saturated rings. The van der Waals surface area contributed by atoms with Crippen LogP contribution in [0.3, 0.4) is 0 Å². The standard InChI is InChI=1S/C8H9F3N2/c1-12-6-3-2-5(4-13-6)7(9)8(10)11/h2-4,7-8H,1H3,(H,12,13). The minimum absolute atomic E-state index is 0.103. The Morgan fingerprint density at radius 3 is 2.38 bits per heavy atom. The van der Waals surface area contributed by atoms with E-state index in [9.17, 15) is 13.2 Å². The molecule has 13 heavy (non-hydrogen) atoms. The molecule has 1 unspecified atom stereocenters. The summed E-state index contributed by atoms with van der Waals surface area (Å²) in [6, 6.07) is 2.74. The van der Waals surface area contributed by atoms with Crippen molar-refractivity contribution in [3.8, 4) is 0 Å². The Morgan fingerprint density at radius 1 is 1.31 bits per heavy atom. The fraction of sp³-hybridized carbons (Fsp3) is 0.375. The van der Waals surface area contributed by atoms with Crippen LogP contribution in [0.5, 0.6) is 0 Å². The van der Waals surface area contributed by atoms with Crippen LogP contribution < -0.4 is 5.32 Å². The van der Waals surface area contributed by atoms with Crippen LogP contribution in [0.2, 0.25) is 0 Å². The molecule has 5 heteroatoms. The van der Waals surface area contributed by atoms with Crippen molar-refractivity contribution in [2.45, 2.75) is 12.6 Å². The molecule has 0 spiro atoms. The van der Waals surface area contributed by atoms with Gasteiger partial charge in [0.25, 0.3) is 6.43 Å². The van der Waals surface area contributed by atoms with Crippen LogP contribution in [-0.2, 0) is 0 Å². The van der Waals surface area contributed by atoms with E-state index in [1.54, 1.807) is 7.05 Å². The van der Waals surface area contributed by atoms with Crippen molar-refractivity contribution in [3.05, 3.63) is 23.9 Å². The Morgan fingerprint density at radius 2 is 2.00 bits per heavy atom. The van der Waals surface area contributed by atoms with Crippen LogP contribution in [0, 0.1) is 0 Å². The van der Waals surface area contributed by atoms with Crippen molar-refractivity contribution >= 4 is 5.82 Å². The molecule has 0 aliphatic carbocycles. The van der Waals surface area contributed by atoms with Crippen molar-refractivity contribution in [2.75, 3.05) is 12.4 Å². The predicted molar refractivity (Wildman–Crippen MR) is 43.6 cm³/mol. The van der Waals surface area contributed by atoms with E-state index in [1.807, 2.05) is 0 Å². The topological polar surface area (TPSA) is 24.9 Å². The summed E-state index contributed by atoms with van der Waals surface area (Å²) in [5.74, 6) is 0.519. The van der Waals surface area contributed by atoms with Gasteiger partial charge < -0.3 is 5.32 Å². The third-order valence-electron chi connectivity index (χ3n) is 1.58. The summed E-state index contributed by atoms with van der Waals surface area (Å²) in [4.78, 5) is 3.72. The second-order valence-corrected chi connectivity index (χ2v) is 2.46. The number of rotatable bonds is 3. The average molecular weight is 190 g/mol. The van der Waals surface area contributed by atoms with E-state index in [4.69, 9.17) is 0 Å². The zero-order chi connectivity index (χ0) is 9.84. The SMILES string of the molecule is CNc1ccc(C(F)C(F)F)cn1. The Balaban J connectivity index is 2.79. The zero-order valence-corrected chi connectivity index (χ0v) is 6.97. The molecule has 0 radical (unpaired) electrons. The minimum Gasteiger partial charge on any atom is -0.373 e. The van der Waals surface area contributed by atoms with Gasteiger partial charge in [-0.15, -0.1) is 0 Å². The van der Waals surface area contributed by atoms with Gasteiger partial charge in [-0.2, -0.15) is 0 Å². The van der Waals surface area contributed by atoms with Crippen molar-refractivity contribution in [3.63, 3.8) is 0 Å². The Labute approximate surface area is 73.8 Å². The monoisotopic (exact) mass is 190 g/mol. The van der Waals surface area contributed by atoms with Gasteiger partial charge >= 0.3 is 0 Å². The fourth-order valence-corrected chi connectivity index (χ4v) is 0.862. The van der Waals surface area contributed by atoms with E-state index >= 15 is 0 Å². The number of nitrogens with zero attached hydrogens (tertiary/aromatic N) is 1. The maximum Gasteiger partial charge on any atom is 0.273 e. The zero-order valence-electron chi connectivity index (χ0n) is 6.97. The lowest BCUT2D eigenvalue weighted by molar-refractivity contribution is 0.0494. The summed E-state index contributed by atoms with van der Waals surface area (Å²) in [5.41, 5.74) is -0.103. The van der Waals surface area contributed by atoms with Gasteiger partial charge in [-0.1, -0.05) is 6.07 Å². The van der Waals surface area contributed by atoms with E-state index < -0.39 is 12.6 Å². The maximum absolute atomic E-state index is 12.7. The number of pyridine rings is 1. The Kier molecular flexibility index (Phi) is 3.11. The molecule has 1 aromatic heterocycles. The van der Waals surface area contributed by atoms with Gasteiger partial charge in [0.05, 0.1) is 0 Å².